The Labute approximate surface area is 128 Å². The lowest BCUT2D eigenvalue weighted by Gasteiger charge is -2.20. The minimum atomic E-state index is -0.849. The molecular formula is C16H20N2O4. The number of fused-ring (bicyclic) bond motifs is 2. The molecule has 6 nitrogen and oxygen atoms in total. The number of nitrogens with zero attached hydrogens (tertiary/aromatic N) is 2. The maximum Gasteiger partial charge on any atom is 0.326 e. The van der Waals surface area contributed by atoms with Crippen LogP contribution in [0.3, 0.4) is 0 Å². The highest BCUT2D eigenvalue weighted by Crippen LogP contribution is 2.37. The molecule has 0 bridgehead atoms. The number of imidazole rings is 1. The molecule has 0 radical (unpaired) electrons. The molecule has 0 fully saturated rings. The highest BCUT2D eigenvalue weighted by atomic mass is 16.6. The number of carboxylic acids is 1. The van der Waals surface area contributed by atoms with Crippen LogP contribution in [0.25, 0.3) is 11.0 Å². The summed E-state index contributed by atoms with van der Waals surface area (Å²) in [6, 6.07) is 3.04. The van der Waals surface area contributed by atoms with Crippen molar-refractivity contribution in [2.45, 2.75) is 39.2 Å². The second-order valence-corrected chi connectivity index (χ2v) is 5.74. The summed E-state index contributed by atoms with van der Waals surface area (Å²) in [5.41, 5.74) is 1.52. The first-order valence-electron chi connectivity index (χ1n) is 7.57. The lowest BCUT2D eigenvalue weighted by Crippen LogP contribution is -2.21. The second kappa shape index (κ2) is 5.51. The van der Waals surface area contributed by atoms with Gasteiger partial charge in [-0.25, -0.2) is 9.78 Å². The molecule has 1 N–H and O–H groups in total. The van der Waals surface area contributed by atoms with Crippen LogP contribution < -0.4 is 9.47 Å². The van der Waals surface area contributed by atoms with Gasteiger partial charge in [-0.3, -0.25) is 0 Å². The monoisotopic (exact) mass is 304 g/mol. The number of benzene rings is 1. The van der Waals surface area contributed by atoms with E-state index in [2.05, 4.69) is 4.98 Å². The molecule has 0 amide bonds. The fourth-order valence-corrected chi connectivity index (χ4v) is 2.85. The van der Waals surface area contributed by atoms with E-state index in [9.17, 15) is 9.90 Å². The van der Waals surface area contributed by atoms with Crippen LogP contribution in [0.4, 0.5) is 0 Å². The van der Waals surface area contributed by atoms with Gasteiger partial charge in [-0.15, -0.1) is 0 Å². The fraction of sp³-hybridized carbons (Fsp3) is 0.500. The molecule has 2 heterocycles. The zero-order valence-corrected chi connectivity index (χ0v) is 13.0. The van der Waals surface area contributed by atoms with E-state index in [4.69, 9.17) is 9.47 Å². The Bertz CT molecular complexity index is 720. The molecule has 6 heteroatoms. The van der Waals surface area contributed by atoms with E-state index < -0.39 is 12.0 Å². The van der Waals surface area contributed by atoms with Crippen molar-refractivity contribution in [3.8, 4) is 11.5 Å². The number of hydrogen-bond donors (Lipinski definition) is 1. The Balaban J connectivity index is 2.26. The second-order valence-electron chi connectivity index (χ2n) is 5.74. The predicted molar refractivity (Wildman–Crippen MR) is 81.8 cm³/mol. The molecule has 0 aliphatic carbocycles. The highest BCUT2D eigenvalue weighted by molar-refractivity contribution is 5.83. The molecule has 0 saturated heterocycles. The van der Waals surface area contributed by atoms with E-state index in [1.54, 1.807) is 0 Å². The maximum atomic E-state index is 11.6. The largest absolute Gasteiger partial charge is 0.486 e. The molecular weight excluding hydrogens is 284 g/mol. The van der Waals surface area contributed by atoms with Gasteiger partial charge in [0.05, 0.1) is 11.0 Å². The van der Waals surface area contributed by atoms with Crippen LogP contribution in [-0.2, 0) is 4.79 Å². The number of carboxylic acid groups (broad SMARTS) is 1. The van der Waals surface area contributed by atoms with Crippen molar-refractivity contribution in [1.82, 2.24) is 9.55 Å². The normalized spacial score (nSPS) is 15.3. The van der Waals surface area contributed by atoms with E-state index in [-0.39, 0.29) is 5.92 Å². The van der Waals surface area contributed by atoms with E-state index in [1.165, 1.54) is 0 Å². The maximum absolute atomic E-state index is 11.6. The smallest absolute Gasteiger partial charge is 0.326 e. The minimum absolute atomic E-state index is 0.125. The Kier molecular flexibility index (Phi) is 3.68. The first-order chi connectivity index (χ1) is 10.5. The molecule has 3 rings (SSSR count). The van der Waals surface area contributed by atoms with Crippen molar-refractivity contribution in [3.05, 3.63) is 18.0 Å². The Hall–Kier alpha value is -2.24. The molecule has 1 aliphatic rings. The topological polar surface area (TPSA) is 73.6 Å². The standard InChI is InChI=1S/C16H20N2O4/c1-4-11(16(19)20)18-12-8-14-13(21-5-6-22-14)7-10(12)17-15(18)9(2)3/h7-9,11H,4-6H2,1-3H3,(H,19,20). The summed E-state index contributed by atoms with van der Waals surface area (Å²) in [6.45, 7) is 6.91. The zero-order chi connectivity index (χ0) is 15.9. The van der Waals surface area contributed by atoms with Gasteiger partial charge in [0.25, 0.3) is 0 Å². The summed E-state index contributed by atoms with van der Waals surface area (Å²) in [4.78, 5) is 16.3. The summed E-state index contributed by atoms with van der Waals surface area (Å²) >= 11 is 0. The van der Waals surface area contributed by atoms with Gasteiger partial charge in [0.15, 0.2) is 11.5 Å². The van der Waals surface area contributed by atoms with Crippen LogP contribution in [0, 0.1) is 0 Å². The SMILES string of the molecule is CCC(C(=O)O)n1c(C(C)C)nc2cc3c(cc21)OCCO3. The van der Waals surface area contributed by atoms with Crippen molar-refractivity contribution in [1.29, 1.82) is 0 Å². The Morgan fingerprint density at radius 2 is 1.95 bits per heavy atom. The number of hydrogen-bond acceptors (Lipinski definition) is 4. The van der Waals surface area contributed by atoms with Crippen LogP contribution >= 0.6 is 0 Å². The van der Waals surface area contributed by atoms with Crippen molar-refractivity contribution >= 4 is 17.0 Å². The van der Waals surface area contributed by atoms with Gasteiger partial charge in [0.2, 0.25) is 0 Å². The Morgan fingerprint density at radius 1 is 1.32 bits per heavy atom. The third kappa shape index (κ3) is 2.28. The van der Waals surface area contributed by atoms with E-state index in [1.807, 2.05) is 37.5 Å². The molecule has 0 spiro atoms. The molecule has 1 aliphatic heterocycles. The minimum Gasteiger partial charge on any atom is -0.486 e. The quantitative estimate of drug-likeness (QED) is 0.940. The molecule has 118 valence electrons. The molecule has 2 aromatic rings. The van der Waals surface area contributed by atoms with Crippen LogP contribution in [0.5, 0.6) is 11.5 Å². The number of aromatic nitrogens is 2. The number of aliphatic carboxylic acids is 1. The van der Waals surface area contributed by atoms with E-state index in [0.717, 1.165) is 16.9 Å². The summed E-state index contributed by atoms with van der Waals surface area (Å²) in [5, 5.41) is 9.54. The predicted octanol–water partition coefficient (Wildman–Crippen LogP) is 2.97. The third-order valence-corrected chi connectivity index (χ3v) is 3.88. The summed E-state index contributed by atoms with van der Waals surface area (Å²) in [7, 11) is 0. The van der Waals surface area contributed by atoms with Crippen LogP contribution in [-0.4, -0.2) is 33.8 Å². The van der Waals surface area contributed by atoms with Crippen molar-refractivity contribution < 1.29 is 19.4 Å². The number of ether oxygens (including phenoxy) is 2. The van der Waals surface area contributed by atoms with Crippen molar-refractivity contribution in [2.24, 2.45) is 0 Å². The van der Waals surface area contributed by atoms with Crippen LogP contribution in [0.15, 0.2) is 12.1 Å². The molecule has 1 atom stereocenters. The average molecular weight is 304 g/mol. The molecule has 1 unspecified atom stereocenters. The lowest BCUT2D eigenvalue weighted by atomic mass is 10.1. The first-order valence-corrected chi connectivity index (χ1v) is 7.57. The molecule has 22 heavy (non-hydrogen) atoms. The lowest BCUT2D eigenvalue weighted by molar-refractivity contribution is -0.140. The summed E-state index contributed by atoms with van der Waals surface area (Å²) in [6.07, 6.45) is 0.495. The molecule has 1 aromatic heterocycles. The van der Waals surface area contributed by atoms with Gasteiger partial charge in [0.1, 0.15) is 25.1 Å². The molecule has 0 saturated carbocycles. The van der Waals surface area contributed by atoms with E-state index in [0.29, 0.717) is 31.1 Å². The van der Waals surface area contributed by atoms with E-state index >= 15 is 0 Å². The van der Waals surface area contributed by atoms with Crippen molar-refractivity contribution in [2.75, 3.05) is 13.2 Å². The van der Waals surface area contributed by atoms with Crippen LogP contribution in [0.1, 0.15) is 45.0 Å². The fourth-order valence-electron chi connectivity index (χ4n) is 2.85. The van der Waals surface area contributed by atoms with Gasteiger partial charge in [-0.1, -0.05) is 20.8 Å². The number of carbonyl (C=O) groups is 1. The summed E-state index contributed by atoms with van der Waals surface area (Å²) < 4.78 is 13.0. The Morgan fingerprint density at radius 3 is 2.50 bits per heavy atom. The van der Waals surface area contributed by atoms with Crippen molar-refractivity contribution in [3.63, 3.8) is 0 Å². The first kappa shape index (κ1) is 14.7. The summed E-state index contributed by atoms with van der Waals surface area (Å²) in [5.74, 6) is 1.36. The van der Waals surface area contributed by atoms with Gasteiger partial charge in [-0.2, -0.15) is 0 Å². The van der Waals surface area contributed by atoms with Gasteiger partial charge in [0, 0.05) is 18.1 Å². The zero-order valence-electron chi connectivity index (χ0n) is 13.0. The number of rotatable bonds is 4. The molecule has 1 aromatic carbocycles. The third-order valence-electron chi connectivity index (χ3n) is 3.88. The highest BCUT2D eigenvalue weighted by Gasteiger charge is 2.26. The average Bonchev–Trinajstić information content (AvgIpc) is 2.84. The van der Waals surface area contributed by atoms with Gasteiger partial charge < -0.3 is 19.1 Å². The van der Waals surface area contributed by atoms with Crippen LogP contribution in [0.2, 0.25) is 0 Å². The van der Waals surface area contributed by atoms with Gasteiger partial charge in [-0.05, 0) is 6.42 Å². The van der Waals surface area contributed by atoms with Gasteiger partial charge >= 0.3 is 5.97 Å².